The van der Waals surface area contributed by atoms with Gasteiger partial charge in [-0.2, -0.15) is 5.10 Å². The Bertz CT molecular complexity index is 362. The van der Waals surface area contributed by atoms with E-state index in [0.29, 0.717) is 13.2 Å². The number of aromatic nitrogens is 2. The van der Waals surface area contributed by atoms with E-state index in [1.165, 1.54) is 0 Å². The molecule has 1 heterocycles. The number of methoxy groups -OCH3 is 1. The number of aryl methyl sites for hydroxylation is 2. The number of carbonyl (C=O) groups excluding carboxylic acids is 1. The van der Waals surface area contributed by atoms with E-state index >= 15 is 0 Å². The highest BCUT2D eigenvalue weighted by atomic mass is 16.5. The van der Waals surface area contributed by atoms with E-state index in [1.807, 2.05) is 20.2 Å². The van der Waals surface area contributed by atoms with Crippen LogP contribution >= 0.6 is 0 Å². The van der Waals surface area contributed by atoms with Gasteiger partial charge >= 0.3 is 0 Å². The van der Waals surface area contributed by atoms with Gasteiger partial charge in [-0.05, 0) is 6.42 Å². The van der Waals surface area contributed by atoms with Crippen LogP contribution in [-0.2, 0) is 23.0 Å². The van der Waals surface area contributed by atoms with Crippen LogP contribution in [0.15, 0.2) is 6.20 Å². The second kappa shape index (κ2) is 6.90. The Morgan fingerprint density at radius 1 is 1.59 bits per heavy atom. The van der Waals surface area contributed by atoms with Crippen molar-refractivity contribution in [1.29, 1.82) is 0 Å². The van der Waals surface area contributed by atoms with Crippen LogP contribution in [0.25, 0.3) is 0 Å². The smallest absolute Gasteiger partial charge is 0.239 e. The molecule has 0 aliphatic carbocycles. The predicted molar refractivity (Wildman–Crippen MR) is 66.0 cm³/mol. The fraction of sp³-hybridized carbons (Fsp3) is 0.636. The molecular weight excluding hydrogens is 220 g/mol. The van der Waals surface area contributed by atoms with Crippen molar-refractivity contribution in [2.75, 3.05) is 32.1 Å². The Hall–Kier alpha value is -1.56. The normalized spacial score (nSPS) is 10.3. The van der Waals surface area contributed by atoms with E-state index in [9.17, 15) is 4.79 Å². The van der Waals surface area contributed by atoms with E-state index in [1.54, 1.807) is 11.8 Å². The van der Waals surface area contributed by atoms with Crippen molar-refractivity contribution in [2.24, 2.45) is 7.05 Å². The number of nitrogens with one attached hydrogen (secondary N) is 2. The average molecular weight is 240 g/mol. The Morgan fingerprint density at radius 2 is 2.35 bits per heavy atom. The lowest BCUT2D eigenvalue weighted by molar-refractivity contribution is -0.119. The van der Waals surface area contributed by atoms with Crippen LogP contribution in [0, 0.1) is 0 Å². The molecule has 0 saturated heterocycles. The highest BCUT2D eigenvalue weighted by Gasteiger charge is 2.07. The largest absolute Gasteiger partial charge is 0.383 e. The van der Waals surface area contributed by atoms with Crippen molar-refractivity contribution >= 4 is 11.6 Å². The van der Waals surface area contributed by atoms with Crippen molar-refractivity contribution in [3.8, 4) is 0 Å². The first kappa shape index (κ1) is 13.5. The van der Waals surface area contributed by atoms with Gasteiger partial charge in [-0.1, -0.05) is 6.92 Å². The molecule has 1 amide bonds. The van der Waals surface area contributed by atoms with Crippen LogP contribution in [-0.4, -0.2) is 42.5 Å². The molecule has 17 heavy (non-hydrogen) atoms. The monoisotopic (exact) mass is 240 g/mol. The summed E-state index contributed by atoms with van der Waals surface area (Å²) in [4.78, 5) is 11.4. The zero-order valence-electron chi connectivity index (χ0n) is 10.6. The maximum Gasteiger partial charge on any atom is 0.239 e. The average Bonchev–Trinajstić information content (AvgIpc) is 2.67. The molecule has 0 aliphatic rings. The molecule has 1 rings (SSSR count). The highest BCUT2D eigenvalue weighted by Crippen LogP contribution is 2.12. The highest BCUT2D eigenvalue weighted by molar-refractivity contribution is 5.80. The molecule has 0 fully saturated rings. The first-order valence-corrected chi connectivity index (χ1v) is 5.69. The second-order valence-electron chi connectivity index (χ2n) is 3.71. The zero-order valence-corrected chi connectivity index (χ0v) is 10.6. The van der Waals surface area contributed by atoms with Crippen molar-refractivity contribution in [2.45, 2.75) is 13.3 Å². The summed E-state index contributed by atoms with van der Waals surface area (Å²) in [5.41, 5.74) is 1.88. The van der Waals surface area contributed by atoms with E-state index in [4.69, 9.17) is 4.74 Å². The first-order valence-electron chi connectivity index (χ1n) is 5.69. The molecule has 1 aromatic heterocycles. The molecule has 2 N–H and O–H groups in total. The number of nitrogens with zero attached hydrogens (tertiary/aromatic N) is 2. The molecule has 1 aromatic rings. The van der Waals surface area contributed by atoms with Gasteiger partial charge in [0.1, 0.15) is 0 Å². The third kappa shape index (κ3) is 4.44. The third-order valence-electron chi connectivity index (χ3n) is 2.31. The van der Waals surface area contributed by atoms with Gasteiger partial charge in [0.25, 0.3) is 0 Å². The van der Waals surface area contributed by atoms with Crippen molar-refractivity contribution in [3.63, 3.8) is 0 Å². The molecule has 6 nitrogen and oxygen atoms in total. The zero-order chi connectivity index (χ0) is 12.7. The molecule has 0 radical (unpaired) electrons. The quantitative estimate of drug-likeness (QED) is 0.666. The summed E-state index contributed by atoms with van der Waals surface area (Å²) < 4.78 is 6.59. The summed E-state index contributed by atoms with van der Waals surface area (Å²) in [6.45, 7) is 3.35. The predicted octanol–water partition coefficient (Wildman–Crippen LogP) is 0.157. The summed E-state index contributed by atoms with van der Waals surface area (Å²) >= 11 is 0. The van der Waals surface area contributed by atoms with Gasteiger partial charge in [0.05, 0.1) is 24.5 Å². The molecule has 0 aromatic carbocycles. The minimum absolute atomic E-state index is 0.0482. The SMILES string of the molecule is CCc1nn(C)cc1NCC(=O)NCCOC. The summed E-state index contributed by atoms with van der Waals surface area (Å²) in [5, 5.41) is 10.1. The van der Waals surface area contributed by atoms with Gasteiger partial charge in [-0.3, -0.25) is 9.48 Å². The van der Waals surface area contributed by atoms with Gasteiger partial charge in [0, 0.05) is 26.9 Å². The molecule has 0 spiro atoms. The van der Waals surface area contributed by atoms with Crippen LogP contribution in [0.5, 0.6) is 0 Å². The summed E-state index contributed by atoms with van der Waals surface area (Å²) in [7, 11) is 3.47. The minimum atomic E-state index is -0.0482. The fourth-order valence-electron chi connectivity index (χ4n) is 1.47. The summed E-state index contributed by atoms with van der Waals surface area (Å²) in [6, 6.07) is 0. The maximum absolute atomic E-state index is 11.4. The molecule has 6 heteroatoms. The van der Waals surface area contributed by atoms with Crippen LogP contribution < -0.4 is 10.6 Å². The van der Waals surface area contributed by atoms with Crippen LogP contribution in [0.1, 0.15) is 12.6 Å². The van der Waals surface area contributed by atoms with Crippen LogP contribution in [0.4, 0.5) is 5.69 Å². The lowest BCUT2D eigenvalue weighted by atomic mass is 10.3. The Balaban J connectivity index is 2.36. The van der Waals surface area contributed by atoms with Gasteiger partial charge in [0.15, 0.2) is 0 Å². The lowest BCUT2D eigenvalue weighted by Crippen LogP contribution is -2.32. The molecule has 0 saturated carbocycles. The molecule has 0 unspecified atom stereocenters. The molecule has 0 atom stereocenters. The van der Waals surface area contributed by atoms with E-state index in [0.717, 1.165) is 17.8 Å². The Kier molecular flexibility index (Phi) is 5.48. The first-order chi connectivity index (χ1) is 8.17. The van der Waals surface area contributed by atoms with Crippen LogP contribution in [0.3, 0.4) is 0 Å². The Morgan fingerprint density at radius 3 is 3.00 bits per heavy atom. The maximum atomic E-state index is 11.4. The van der Waals surface area contributed by atoms with E-state index < -0.39 is 0 Å². The van der Waals surface area contributed by atoms with Gasteiger partial charge in [-0.25, -0.2) is 0 Å². The number of amides is 1. The van der Waals surface area contributed by atoms with Gasteiger partial charge < -0.3 is 15.4 Å². The van der Waals surface area contributed by atoms with Crippen molar-refractivity contribution < 1.29 is 9.53 Å². The van der Waals surface area contributed by atoms with Crippen molar-refractivity contribution in [3.05, 3.63) is 11.9 Å². The number of carbonyl (C=O) groups is 1. The summed E-state index contributed by atoms with van der Waals surface area (Å²) in [6.07, 6.45) is 2.72. The van der Waals surface area contributed by atoms with Crippen molar-refractivity contribution in [1.82, 2.24) is 15.1 Å². The van der Waals surface area contributed by atoms with Gasteiger partial charge in [-0.15, -0.1) is 0 Å². The number of anilines is 1. The molecule has 96 valence electrons. The lowest BCUT2D eigenvalue weighted by Gasteiger charge is -2.06. The van der Waals surface area contributed by atoms with E-state index in [-0.39, 0.29) is 12.5 Å². The Labute approximate surface area is 101 Å². The van der Waals surface area contributed by atoms with Gasteiger partial charge in [0.2, 0.25) is 5.91 Å². The molecular formula is C11H20N4O2. The van der Waals surface area contributed by atoms with Crippen LogP contribution in [0.2, 0.25) is 0 Å². The topological polar surface area (TPSA) is 68.2 Å². The summed E-state index contributed by atoms with van der Waals surface area (Å²) in [5.74, 6) is -0.0482. The standard InChI is InChI=1S/C11H20N4O2/c1-4-9-10(8-15(2)14-9)13-7-11(16)12-5-6-17-3/h8,13H,4-7H2,1-3H3,(H,12,16). The number of hydrogen-bond acceptors (Lipinski definition) is 4. The number of rotatable bonds is 7. The molecule has 0 bridgehead atoms. The fourth-order valence-corrected chi connectivity index (χ4v) is 1.47. The molecule has 0 aliphatic heterocycles. The number of ether oxygens (including phenoxy) is 1. The number of hydrogen-bond donors (Lipinski definition) is 2. The van der Waals surface area contributed by atoms with E-state index in [2.05, 4.69) is 15.7 Å². The minimum Gasteiger partial charge on any atom is -0.383 e. The second-order valence-corrected chi connectivity index (χ2v) is 3.71. The third-order valence-corrected chi connectivity index (χ3v) is 2.31.